The van der Waals surface area contributed by atoms with Gasteiger partial charge in [-0.2, -0.15) is 8.42 Å². The molecular weight excluding hydrogens is 419 g/mol. The molecule has 0 radical (unpaired) electrons. The summed E-state index contributed by atoms with van der Waals surface area (Å²) in [5, 5.41) is 0. The first-order valence-corrected chi connectivity index (χ1v) is 13.0. The van der Waals surface area contributed by atoms with E-state index in [0.717, 1.165) is 32.8 Å². The van der Waals surface area contributed by atoms with Crippen LogP contribution in [-0.4, -0.2) is 50.9 Å². The predicted molar refractivity (Wildman–Crippen MR) is 132 cm³/mol. The molecular formula is C25H41NaO4S. The molecule has 4 nitrogen and oxygen atoms in total. The van der Waals surface area contributed by atoms with E-state index in [1.54, 1.807) is 12.1 Å². The topological polar surface area (TPSA) is 60.4 Å². The number of benzene rings is 1. The average molecular weight is 461 g/mol. The molecule has 0 spiro atoms. The molecule has 0 saturated heterocycles. The Morgan fingerprint density at radius 3 is 1.81 bits per heavy atom. The van der Waals surface area contributed by atoms with Crippen LogP contribution in [0, 0.1) is 0 Å². The fraction of sp³-hybridized carbons (Fsp3) is 0.640. The van der Waals surface area contributed by atoms with Gasteiger partial charge in [0.1, 0.15) is 0 Å². The van der Waals surface area contributed by atoms with Gasteiger partial charge in [-0.15, -0.1) is 0 Å². The van der Waals surface area contributed by atoms with Crippen molar-refractivity contribution in [2.24, 2.45) is 0 Å². The molecule has 0 atom stereocenters. The standard InChI is InChI=1S/C25H40O4S.Na.H/c1-3-4-5-6-7-8-9-10-11-12-13-14-15-16-17-18-25(26)23-19-21-24(22-20-23)30(27,28)29-2;;/h10-11,19-22H,3-9,12-18H2,1-2H3;;/b11-10-;;. The van der Waals surface area contributed by atoms with Gasteiger partial charge in [0.25, 0.3) is 10.1 Å². The Morgan fingerprint density at radius 1 is 0.806 bits per heavy atom. The van der Waals surface area contributed by atoms with Crippen LogP contribution in [0.3, 0.4) is 0 Å². The SMILES string of the molecule is CCCCCCCC/C=C\CCCCCCCC(=O)c1ccc(S(=O)(=O)OC)cc1.[NaH]. The van der Waals surface area contributed by atoms with Crippen LogP contribution in [0.15, 0.2) is 41.3 Å². The van der Waals surface area contributed by atoms with Crippen LogP contribution < -0.4 is 0 Å². The summed E-state index contributed by atoms with van der Waals surface area (Å²) >= 11 is 0. The summed E-state index contributed by atoms with van der Waals surface area (Å²) in [7, 11) is -2.57. The Bertz CT molecular complexity index is 712. The monoisotopic (exact) mass is 460 g/mol. The Morgan fingerprint density at radius 2 is 1.29 bits per heavy atom. The summed E-state index contributed by atoms with van der Waals surface area (Å²) in [6.07, 6.45) is 21.2. The molecule has 0 aromatic heterocycles. The molecule has 0 aliphatic carbocycles. The molecule has 0 saturated carbocycles. The van der Waals surface area contributed by atoms with Crippen molar-refractivity contribution in [3.63, 3.8) is 0 Å². The van der Waals surface area contributed by atoms with E-state index >= 15 is 0 Å². The van der Waals surface area contributed by atoms with Crippen LogP contribution in [0.4, 0.5) is 0 Å². The van der Waals surface area contributed by atoms with Crippen LogP contribution in [0.25, 0.3) is 0 Å². The first-order valence-electron chi connectivity index (χ1n) is 11.6. The number of allylic oxidation sites excluding steroid dienone is 2. The van der Waals surface area contributed by atoms with Crippen LogP contribution >= 0.6 is 0 Å². The van der Waals surface area contributed by atoms with Gasteiger partial charge in [-0.3, -0.25) is 8.98 Å². The summed E-state index contributed by atoms with van der Waals surface area (Å²) in [4.78, 5) is 12.3. The molecule has 31 heavy (non-hydrogen) atoms. The van der Waals surface area contributed by atoms with E-state index in [4.69, 9.17) is 0 Å². The van der Waals surface area contributed by atoms with Gasteiger partial charge in [0, 0.05) is 12.0 Å². The number of carbonyl (C=O) groups is 1. The van der Waals surface area contributed by atoms with Gasteiger partial charge in [-0.1, -0.05) is 82.6 Å². The van der Waals surface area contributed by atoms with Crippen molar-refractivity contribution >= 4 is 45.5 Å². The summed E-state index contributed by atoms with van der Waals surface area (Å²) in [5.41, 5.74) is 0.556. The molecule has 0 aliphatic heterocycles. The third-order valence-electron chi connectivity index (χ3n) is 5.35. The number of hydrogen-bond acceptors (Lipinski definition) is 4. The van der Waals surface area contributed by atoms with Crippen molar-refractivity contribution in [2.45, 2.75) is 102 Å². The van der Waals surface area contributed by atoms with Crippen molar-refractivity contribution in [3.05, 3.63) is 42.0 Å². The van der Waals surface area contributed by atoms with Crippen molar-refractivity contribution in [2.75, 3.05) is 7.11 Å². The number of Topliss-reactive ketones (excluding diaryl/α,β-unsaturated/α-hetero) is 1. The van der Waals surface area contributed by atoms with Gasteiger partial charge in [-0.25, -0.2) is 0 Å². The van der Waals surface area contributed by atoms with Gasteiger partial charge >= 0.3 is 29.6 Å². The van der Waals surface area contributed by atoms with E-state index in [9.17, 15) is 13.2 Å². The summed E-state index contributed by atoms with van der Waals surface area (Å²) in [5.74, 6) is 0.0639. The average Bonchev–Trinajstić information content (AvgIpc) is 2.76. The zero-order valence-electron chi connectivity index (χ0n) is 18.9. The fourth-order valence-corrected chi connectivity index (χ4v) is 4.07. The van der Waals surface area contributed by atoms with E-state index < -0.39 is 10.1 Å². The quantitative estimate of drug-likeness (QED) is 0.0815. The summed E-state index contributed by atoms with van der Waals surface area (Å²) in [6.45, 7) is 2.25. The van der Waals surface area contributed by atoms with Crippen molar-refractivity contribution in [1.29, 1.82) is 0 Å². The van der Waals surface area contributed by atoms with E-state index in [1.165, 1.54) is 69.9 Å². The van der Waals surface area contributed by atoms with Gasteiger partial charge in [-0.05, 0) is 44.2 Å². The number of rotatable bonds is 18. The second-order valence-electron chi connectivity index (χ2n) is 7.90. The van der Waals surface area contributed by atoms with Gasteiger partial charge in [0.15, 0.2) is 5.78 Å². The molecule has 0 N–H and O–H groups in total. The molecule has 1 aromatic rings. The molecule has 0 aliphatic rings. The molecule has 0 amide bonds. The van der Waals surface area contributed by atoms with E-state index in [-0.39, 0.29) is 40.2 Å². The normalized spacial score (nSPS) is 11.5. The molecule has 172 valence electrons. The molecule has 1 aromatic carbocycles. The maximum absolute atomic E-state index is 12.2. The maximum atomic E-state index is 12.2. The summed E-state index contributed by atoms with van der Waals surface area (Å²) < 4.78 is 27.7. The van der Waals surface area contributed by atoms with Crippen LogP contribution in [-0.2, 0) is 14.3 Å². The van der Waals surface area contributed by atoms with Gasteiger partial charge in [0.2, 0.25) is 0 Å². The zero-order valence-corrected chi connectivity index (χ0v) is 19.7. The Labute approximate surface area is 212 Å². The first-order chi connectivity index (χ1) is 14.5. The van der Waals surface area contributed by atoms with Crippen molar-refractivity contribution < 1.29 is 17.4 Å². The third kappa shape index (κ3) is 14.3. The minimum absolute atomic E-state index is 0. The number of carbonyl (C=O) groups excluding carboxylic acids is 1. The number of ketones is 1. The zero-order chi connectivity index (χ0) is 22.1. The Hall–Kier alpha value is -0.460. The molecule has 0 bridgehead atoms. The van der Waals surface area contributed by atoms with Crippen molar-refractivity contribution in [1.82, 2.24) is 0 Å². The van der Waals surface area contributed by atoms with E-state index in [1.807, 2.05) is 0 Å². The second kappa shape index (κ2) is 19.0. The fourth-order valence-electron chi connectivity index (χ4n) is 3.40. The van der Waals surface area contributed by atoms with Crippen molar-refractivity contribution in [3.8, 4) is 0 Å². The third-order valence-corrected chi connectivity index (χ3v) is 6.64. The van der Waals surface area contributed by atoms with Crippen LogP contribution in [0.1, 0.15) is 107 Å². The minimum atomic E-state index is -3.70. The molecule has 0 fully saturated rings. The Kier molecular flexibility index (Phi) is 18.8. The van der Waals surface area contributed by atoms with E-state index in [0.29, 0.717) is 12.0 Å². The molecule has 1 rings (SSSR count). The van der Waals surface area contributed by atoms with E-state index in [2.05, 4.69) is 23.3 Å². The van der Waals surface area contributed by atoms with Gasteiger partial charge < -0.3 is 0 Å². The second-order valence-corrected chi connectivity index (χ2v) is 9.62. The van der Waals surface area contributed by atoms with Gasteiger partial charge in [0.05, 0.1) is 12.0 Å². The summed E-state index contributed by atoms with van der Waals surface area (Å²) in [6, 6.07) is 5.97. The Balaban J connectivity index is 0.00000900. The number of unbranched alkanes of at least 4 members (excludes halogenated alkanes) is 11. The molecule has 0 heterocycles. The molecule has 6 heteroatoms. The number of hydrogen-bond donors (Lipinski definition) is 0. The van der Waals surface area contributed by atoms with Crippen LogP contribution in [0.2, 0.25) is 0 Å². The van der Waals surface area contributed by atoms with Crippen LogP contribution in [0.5, 0.6) is 0 Å². The first kappa shape index (κ1) is 30.5. The predicted octanol–water partition coefficient (Wildman–Crippen LogP) is 6.59. The molecule has 0 unspecified atom stereocenters.